The summed E-state index contributed by atoms with van der Waals surface area (Å²) >= 11 is 0. The molecule has 7 heteroatoms. The molecular weight excluding hydrogens is 353 g/mol. The van der Waals surface area contributed by atoms with E-state index in [0.29, 0.717) is 22.4 Å². The number of benzene rings is 2. The summed E-state index contributed by atoms with van der Waals surface area (Å²) in [7, 11) is -3.53. The lowest BCUT2D eigenvalue weighted by atomic mass is 9.97. The number of hydrazone groups is 1. The van der Waals surface area contributed by atoms with E-state index < -0.39 is 10.0 Å². The van der Waals surface area contributed by atoms with E-state index in [9.17, 15) is 12.8 Å². The number of halogens is 1. The SMILES string of the molecule is CC1=NN2CCS(=O)(=O)N=C2C(c2ccc(-c3ccccc3)c(F)c2)=C1. The van der Waals surface area contributed by atoms with Crippen LogP contribution in [0.5, 0.6) is 0 Å². The number of fused-ring (bicyclic) bond motifs is 1. The smallest absolute Gasteiger partial charge is 0.245 e. The van der Waals surface area contributed by atoms with Crippen molar-refractivity contribution in [2.75, 3.05) is 12.3 Å². The Bertz CT molecular complexity index is 1070. The van der Waals surface area contributed by atoms with Crippen molar-refractivity contribution in [3.8, 4) is 11.1 Å². The molecule has 5 nitrogen and oxygen atoms in total. The fourth-order valence-corrected chi connectivity index (χ4v) is 4.01. The van der Waals surface area contributed by atoms with Gasteiger partial charge >= 0.3 is 0 Å². The molecule has 26 heavy (non-hydrogen) atoms. The lowest BCUT2D eigenvalue weighted by Gasteiger charge is -2.29. The van der Waals surface area contributed by atoms with E-state index in [-0.39, 0.29) is 24.0 Å². The molecule has 4 rings (SSSR count). The first-order valence-corrected chi connectivity index (χ1v) is 9.77. The van der Waals surface area contributed by atoms with Gasteiger partial charge in [-0.1, -0.05) is 42.5 Å². The van der Waals surface area contributed by atoms with Gasteiger partial charge in [-0.25, -0.2) is 17.8 Å². The first kappa shape index (κ1) is 16.7. The zero-order chi connectivity index (χ0) is 18.3. The minimum Gasteiger partial charge on any atom is -0.245 e. The topological polar surface area (TPSA) is 62.1 Å². The van der Waals surface area contributed by atoms with Crippen LogP contribution in [0.25, 0.3) is 16.7 Å². The molecular formula is C19H16FN3O2S. The minimum atomic E-state index is -3.53. The van der Waals surface area contributed by atoms with Gasteiger partial charge in [-0.2, -0.15) is 5.10 Å². The molecule has 2 aromatic carbocycles. The predicted molar refractivity (Wildman–Crippen MR) is 101 cm³/mol. The van der Waals surface area contributed by atoms with E-state index >= 15 is 0 Å². The third-order valence-corrected chi connectivity index (χ3v) is 5.42. The molecule has 0 fully saturated rings. The van der Waals surface area contributed by atoms with Crippen molar-refractivity contribution in [1.29, 1.82) is 0 Å². The van der Waals surface area contributed by atoms with Gasteiger partial charge in [-0.3, -0.25) is 0 Å². The van der Waals surface area contributed by atoms with Crippen molar-refractivity contribution in [2.45, 2.75) is 6.92 Å². The Morgan fingerprint density at radius 2 is 1.85 bits per heavy atom. The van der Waals surface area contributed by atoms with Crippen molar-refractivity contribution in [3.05, 3.63) is 66.0 Å². The maximum atomic E-state index is 14.7. The van der Waals surface area contributed by atoms with Gasteiger partial charge in [0.25, 0.3) is 10.0 Å². The lowest BCUT2D eigenvalue weighted by Crippen LogP contribution is -2.39. The molecule has 0 saturated heterocycles. The average molecular weight is 369 g/mol. The molecule has 0 atom stereocenters. The first-order valence-electron chi connectivity index (χ1n) is 8.16. The average Bonchev–Trinajstić information content (AvgIpc) is 2.62. The van der Waals surface area contributed by atoms with Crippen LogP contribution in [-0.4, -0.2) is 37.3 Å². The molecule has 0 N–H and O–H groups in total. The van der Waals surface area contributed by atoms with E-state index in [1.807, 2.05) is 37.3 Å². The molecule has 2 aliphatic rings. The number of amidine groups is 1. The van der Waals surface area contributed by atoms with Crippen molar-refractivity contribution >= 4 is 27.1 Å². The largest absolute Gasteiger partial charge is 0.256 e. The van der Waals surface area contributed by atoms with E-state index in [1.54, 1.807) is 23.2 Å². The number of hydrogen-bond donors (Lipinski definition) is 0. The molecule has 2 aromatic rings. The van der Waals surface area contributed by atoms with Crippen LogP contribution in [-0.2, 0) is 10.0 Å². The second-order valence-corrected chi connectivity index (χ2v) is 7.94. The normalized spacial score (nSPS) is 18.5. The van der Waals surface area contributed by atoms with Crippen molar-refractivity contribution < 1.29 is 12.8 Å². The molecule has 132 valence electrons. The van der Waals surface area contributed by atoms with Crippen LogP contribution in [0.15, 0.2) is 64.1 Å². The van der Waals surface area contributed by atoms with Crippen molar-refractivity contribution in [3.63, 3.8) is 0 Å². The zero-order valence-electron chi connectivity index (χ0n) is 14.1. The summed E-state index contributed by atoms with van der Waals surface area (Å²) in [5, 5.41) is 5.88. The second kappa shape index (κ2) is 6.17. The number of rotatable bonds is 2. The minimum absolute atomic E-state index is 0.0815. The Balaban J connectivity index is 1.80. The van der Waals surface area contributed by atoms with Crippen LogP contribution in [0.1, 0.15) is 12.5 Å². The zero-order valence-corrected chi connectivity index (χ0v) is 14.9. The van der Waals surface area contributed by atoms with E-state index in [1.165, 1.54) is 6.07 Å². The Morgan fingerprint density at radius 3 is 2.58 bits per heavy atom. The second-order valence-electron chi connectivity index (χ2n) is 6.18. The maximum absolute atomic E-state index is 14.7. The monoisotopic (exact) mass is 369 g/mol. The lowest BCUT2D eigenvalue weighted by molar-refractivity contribution is 0.461. The molecule has 0 aliphatic carbocycles. The Kier molecular flexibility index (Phi) is 3.96. The summed E-state index contributed by atoms with van der Waals surface area (Å²) in [4.78, 5) is 0. The standard InChI is InChI=1S/C19H16FN3O2S/c1-13-11-17(19-22-26(24,25)10-9-23(19)21-13)15-7-8-16(18(20)12-15)14-5-3-2-4-6-14/h2-8,11-12H,9-10H2,1H3. The highest BCUT2D eigenvalue weighted by atomic mass is 32.2. The molecule has 0 amide bonds. The predicted octanol–water partition coefficient (Wildman–Crippen LogP) is 3.31. The molecule has 0 unspecified atom stereocenters. The van der Waals surface area contributed by atoms with Crippen molar-refractivity contribution in [2.24, 2.45) is 9.50 Å². The third-order valence-electron chi connectivity index (χ3n) is 4.27. The molecule has 0 saturated carbocycles. The van der Waals surface area contributed by atoms with Crippen LogP contribution >= 0.6 is 0 Å². The Morgan fingerprint density at radius 1 is 1.08 bits per heavy atom. The van der Waals surface area contributed by atoms with E-state index in [2.05, 4.69) is 9.50 Å². The molecule has 0 radical (unpaired) electrons. The van der Waals surface area contributed by atoms with Gasteiger partial charge in [0, 0.05) is 11.1 Å². The molecule has 2 aliphatic heterocycles. The van der Waals surface area contributed by atoms with E-state index in [0.717, 1.165) is 5.56 Å². The van der Waals surface area contributed by atoms with Crippen LogP contribution in [0.3, 0.4) is 0 Å². The van der Waals surface area contributed by atoms with Gasteiger partial charge in [-0.05, 0) is 30.2 Å². The van der Waals surface area contributed by atoms with Crippen LogP contribution in [0.4, 0.5) is 4.39 Å². The Hall–Kier alpha value is -2.80. The number of hydrogen-bond acceptors (Lipinski definition) is 4. The summed E-state index contributed by atoms with van der Waals surface area (Å²) in [6, 6.07) is 14.2. The number of sulfonamides is 1. The highest BCUT2D eigenvalue weighted by Crippen LogP contribution is 2.30. The summed E-state index contributed by atoms with van der Waals surface area (Å²) in [5.41, 5.74) is 3.11. The summed E-state index contributed by atoms with van der Waals surface area (Å²) in [5.74, 6) is -0.212. The fraction of sp³-hybridized carbons (Fsp3) is 0.158. The molecule has 0 spiro atoms. The quantitative estimate of drug-likeness (QED) is 0.816. The van der Waals surface area contributed by atoms with Crippen LogP contribution in [0.2, 0.25) is 0 Å². The van der Waals surface area contributed by atoms with Crippen LogP contribution in [0, 0.1) is 5.82 Å². The van der Waals surface area contributed by atoms with Gasteiger partial charge in [0.05, 0.1) is 18.0 Å². The van der Waals surface area contributed by atoms with Gasteiger partial charge in [0.1, 0.15) is 5.82 Å². The fourth-order valence-electron chi connectivity index (χ4n) is 3.06. The van der Waals surface area contributed by atoms with Gasteiger partial charge in [0.15, 0.2) is 5.84 Å². The molecule has 0 aromatic heterocycles. The van der Waals surface area contributed by atoms with Gasteiger partial charge < -0.3 is 0 Å². The summed E-state index contributed by atoms with van der Waals surface area (Å²) in [6.07, 6.45) is 1.73. The highest BCUT2D eigenvalue weighted by molar-refractivity contribution is 7.90. The first-order chi connectivity index (χ1) is 12.4. The van der Waals surface area contributed by atoms with Gasteiger partial charge in [0.2, 0.25) is 0 Å². The van der Waals surface area contributed by atoms with Crippen LogP contribution < -0.4 is 0 Å². The van der Waals surface area contributed by atoms with E-state index in [4.69, 9.17) is 0 Å². The summed E-state index contributed by atoms with van der Waals surface area (Å²) in [6.45, 7) is 2.05. The third kappa shape index (κ3) is 3.06. The van der Waals surface area contributed by atoms with Gasteiger partial charge in [-0.15, -0.1) is 4.40 Å². The Labute approximate surface area is 151 Å². The summed E-state index contributed by atoms with van der Waals surface area (Å²) < 4.78 is 42.4. The number of nitrogens with zero attached hydrogens (tertiary/aromatic N) is 3. The number of allylic oxidation sites excluding steroid dienone is 1. The van der Waals surface area contributed by atoms with Crippen molar-refractivity contribution in [1.82, 2.24) is 5.01 Å². The molecule has 0 bridgehead atoms. The maximum Gasteiger partial charge on any atom is 0.256 e. The highest BCUT2D eigenvalue weighted by Gasteiger charge is 2.29. The molecule has 2 heterocycles.